The van der Waals surface area contributed by atoms with E-state index in [-0.39, 0.29) is 42.0 Å². The number of fused-ring (bicyclic) bond motifs is 1. The summed E-state index contributed by atoms with van der Waals surface area (Å²) in [6.07, 6.45) is 7.97. The second-order valence-electron chi connectivity index (χ2n) is 8.38. The summed E-state index contributed by atoms with van der Waals surface area (Å²) in [6, 6.07) is 2.84. The Morgan fingerprint density at radius 1 is 1.23 bits per heavy atom. The molecule has 0 bridgehead atoms. The summed E-state index contributed by atoms with van der Waals surface area (Å²) in [5.41, 5.74) is 0.763. The molecule has 1 N–H and O–H groups in total. The van der Waals surface area contributed by atoms with E-state index in [2.05, 4.69) is 10.3 Å². The number of pyridine rings is 1. The fourth-order valence-electron chi connectivity index (χ4n) is 4.10. The van der Waals surface area contributed by atoms with Gasteiger partial charge in [-0.05, 0) is 37.7 Å². The number of likely N-dealkylation sites (tertiary alicyclic amines) is 1. The number of amides is 3. The van der Waals surface area contributed by atoms with Crippen LogP contribution in [0.25, 0.3) is 0 Å². The number of ether oxygens (including phenoxy) is 1. The minimum absolute atomic E-state index is 0.156. The number of hydrogen-bond acceptors (Lipinski definition) is 5. The third kappa shape index (κ3) is 4.71. The number of aromatic nitrogens is 1. The molecule has 1 aliphatic carbocycles. The highest BCUT2D eigenvalue weighted by atomic mass is 16.5. The second-order valence-corrected chi connectivity index (χ2v) is 8.38. The summed E-state index contributed by atoms with van der Waals surface area (Å²) in [5.74, 6) is -0.779. The SMILES string of the molecule is CCCOc1ncccc1CNC(=O)C(CC(C)C)N1C(=O)C2CC=CCC2C1=O. The second kappa shape index (κ2) is 9.87. The normalized spacial score (nSPS) is 21.7. The Morgan fingerprint density at radius 2 is 1.90 bits per heavy atom. The Kier molecular flexibility index (Phi) is 7.24. The number of nitrogens with zero attached hydrogens (tertiary/aromatic N) is 2. The van der Waals surface area contributed by atoms with E-state index in [1.807, 2.05) is 39.0 Å². The highest BCUT2D eigenvalue weighted by Gasteiger charge is 2.51. The van der Waals surface area contributed by atoms with Gasteiger partial charge in [0.1, 0.15) is 6.04 Å². The van der Waals surface area contributed by atoms with Gasteiger partial charge in [0.25, 0.3) is 0 Å². The Bertz CT molecular complexity index is 794. The molecule has 1 aromatic rings. The molecule has 2 aliphatic rings. The molecule has 0 radical (unpaired) electrons. The lowest BCUT2D eigenvalue weighted by atomic mass is 9.85. The van der Waals surface area contributed by atoms with E-state index in [1.165, 1.54) is 4.90 Å². The van der Waals surface area contributed by atoms with E-state index in [1.54, 1.807) is 12.3 Å². The first-order valence-corrected chi connectivity index (χ1v) is 10.8. The van der Waals surface area contributed by atoms with Crippen LogP contribution in [0.4, 0.5) is 0 Å². The summed E-state index contributed by atoms with van der Waals surface area (Å²) >= 11 is 0. The molecular formula is C23H31N3O4. The average molecular weight is 414 g/mol. The van der Waals surface area contributed by atoms with E-state index in [9.17, 15) is 14.4 Å². The lowest BCUT2D eigenvalue weighted by Gasteiger charge is -2.27. The third-order valence-electron chi connectivity index (χ3n) is 5.60. The molecule has 1 saturated heterocycles. The number of rotatable bonds is 9. The zero-order valence-corrected chi connectivity index (χ0v) is 18.0. The molecule has 30 heavy (non-hydrogen) atoms. The van der Waals surface area contributed by atoms with Crippen molar-refractivity contribution < 1.29 is 19.1 Å². The molecule has 7 heteroatoms. The molecule has 1 aromatic heterocycles. The maximum atomic E-state index is 13.1. The summed E-state index contributed by atoms with van der Waals surface area (Å²) in [7, 11) is 0. The van der Waals surface area contributed by atoms with Gasteiger partial charge in [-0.1, -0.05) is 39.0 Å². The van der Waals surface area contributed by atoms with Gasteiger partial charge in [-0.3, -0.25) is 19.3 Å². The van der Waals surface area contributed by atoms with Crippen molar-refractivity contribution in [2.45, 2.75) is 59.0 Å². The van der Waals surface area contributed by atoms with Crippen molar-refractivity contribution in [1.29, 1.82) is 0 Å². The standard InChI is InChI=1S/C23H31N3O4/c1-4-12-30-21-16(8-7-11-24-21)14-25-20(27)19(13-15(2)3)26-22(28)17-9-5-6-10-18(17)23(26)29/h5-8,11,15,17-19H,4,9-10,12-14H2,1-3H3,(H,25,27). The van der Waals surface area contributed by atoms with Crippen LogP contribution in [0.3, 0.4) is 0 Å². The minimum atomic E-state index is -0.799. The van der Waals surface area contributed by atoms with E-state index in [0.717, 1.165) is 12.0 Å². The number of imide groups is 1. The first kappa shape index (κ1) is 22.0. The van der Waals surface area contributed by atoms with Crippen molar-refractivity contribution in [3.8, 4) is 5.88 Å². The fraction of sp³-hybridized carbons (Fsp3) is 0.565. The fourth-order valence-corrected chi connectivity index (χ4v) is 4.10. The molecule has 0 saturated carbocycles. The Balaban J connectivity index is 1.74. The summed E-state index contributed by atoms with van der Waals surface area (Å²) < 4.78 is 5.65. The number of nitrogens with one attached hydrogen (secondary N) is 1. The molecule has 162 valence electrons. The van der Waals surface area contributed by atoms with Gasteiger partial charge < -0.3 is 10.1 Å². The Hall–Kier alpha value is -2.70. The molecule has 1 aliphatic heterocycles. The molecule has 3 atom stereocenters. The van der Waals surface area contributed by atoms with Crippen LogP contribution >= 0.6 is 0 Å². The van der Waals surface area contributed by atoms with Gasteiger partial charge in [0, 0.05) is 18.3 Å². The largest absolute Gasteiger partial charge is 0.477 e. The van der Waals surface area contributed by atoms with E-state index < -0.39 is 6.04 Å². The third-order valence-corrected chi connectivity index (χ3v) is 5.60. The molecule has 3 rings (SSSR count). The number of allylic oxidation sites excluding steroid dienone is 2. The van der Waals surface area contributed by atoms with Gasteiger partial charge in [0.05, 0.1) is 18.4 Å². The lowest BCUT2D eigenvalue weighted by Crippen LogP contribution is -2.50. The number of hydrogen-bond donors (Lipinski definition) is 1. The summed E-state index contributed by atoms with van der Waals surface area (Å²) in [4.78, 5) is 44.6. The lowest BCUT2D eigenvalue weighted by molar-refractivity contribution is -0.148. The van der Waals surface area contributed by atoms with Gasteiger partial charge in [-0.2, -0.15) is 0 Å². The smallest absolute Gasteiger partial charge is 0.243 e. The molecule has 3 unspecified atom stereocenters. The Labute approximate surface area is 177 Å². The minimum Gasteiger partial charge on any atom is -0.477 e. The average Bonchev–Trinajstić information content (AvgIpc) is 2.99. The highest BCUT2D eigenvalue weighted by Crippen LogP contribution is 2.37. The predicted octanol–water partition coefficient (Wildman–Crippen LogP) is 2.85. The quantitative estimate of drug-likeness (QED) is 0.497. The number of carbonyl (C=O) groups excluding carboxylic acids is 3. The summed E-state index contributed by atoms with van der Waals surface area (Å²) in [6.45, 7) is 6.75. The van der Waals surface area contributed by atoms with Crippen LogP contribution in [0.2, 0.25) is 0 Å². The van der Waals surface area contributed by atoms with Crippen LogP contribution < -0.4 is 10.1 Å². The van der Waals surface area contributed by atoms with Crippen molar-refractivity contribution in [2.75, 3.05) is 6.61 Å². The van der Waals surface area contributed by atoms with E-state index in [4.69, 9.17) is 4.74 Å². The monoisotopic (exact) mass is 413 g/mol. The Morgan fingerprint density at radius 3 is 2.50 bits per heavy atom. The van der Waals surface area contributed by atoms with Crippen LogP contribution in [-0.2, 0) is 20.9 Å². The van der Waals surface area contributed by atoms with Crippen LogP contribution in [0.5, 0.6) is 5.88 Å². The van der Waals surface area contributed by atoms with E-state index in [0.29, 0.717) is 31.7 Å². The van der Waals surface area contributed by atoms with Crippen LogP contribution in [0.1, 0.15) is 52.0 Å². The zero-order chi connectivity index (χ0) is 21.7. The zero-order valence-electron chi connectivity index (χ0n) is 18.0. The maximum absolute atomic E-state index is 13.1. The maximum Gasteiger partial charge on any atom is 0.243 e. The molecule has 7 nitrogen and oxygen atoms in total. The molecule has 2 heterocycles. The molecule has 0 aromatic carbocycles. The predicted molar refractivity (Wildman–Crippen MR) is 112 cm³/mol. The molecule has 3 amide bonds. The molecular weight excluding hydrogens is 382 g/mol. The van der Waals surface area contributed by atoms with Crippen molar-refractivity contribution in [3.63, 3.8) is 0 Å². The van der Waals surface area contributed by atoms with Crippen molar-refractivity contribution in [2.24, 2.45) is 17.8 Å². The van der Waals surface area contributed by atoms with Crippen molar-refractivity contribution >= 4 is 17.7 Å². The van der Waals surface area contributed by atoms with Crippen LogP contribution in [0, 0.1) is 17.8 Å². The number of carbonyl (C=O) groups is 3. The van der Waals surface area contributed by atoms with Crippen molar-refractivity contribution in [1.82, 2.24) is 15.2 Å². The molecule has 0 spiro atoms. The van der Waals surface area contributed by atoms with Gasteiger partial charge in [-0.25, -0.2) is 4.98 Å². The van der Waals surface area contributed by atoms with Crippen molar-refractivity contribution in [3.05, 3.63) is 36.0 Å². The highest BCUT2D eigenvalue weighted by molar-refractivity contribution is 6.08. The van der Waals surface area contributed by atoms with Gasteiger partial charge in [-0.15, -0.1) is 0 Å². The van der Waals surface area contributed by atoms with E-state index >= 15 is 0 Å². The first-order chi connectivity index (χ1) is 14.4. The van der Waals surface area contributed by atoms with Crippen LogP contribution in [0.15, 0.2) is 30.5 Å². The summed E-state index contributed by atoms with van der Waals surface area (Å²) in [5, 5.41) is 2.90. The molecule has 1 fully saturated rings. The first-order valence-electron chi connectivity index (χ1n) is 10.8. The van der Waals surface area contributed by atoms with Gasteiger partial charge >= 0.3 is 0 Å². The van der Waals surface area contributed by atoms with Gasteiger partial charge in [0.15, 0.2) is 0 Å². The van der Waals surface area contributed by atoms with Gasteiger partial charge in [0.2, 0.25) is 23.6 Å². The van der Waals surface area contributed by atoms with Crippen LogP contribution in [-0.4, -0.2) is 40.3 Å². The topological polar surface area (TPSA) is 88.6 Å².